The lowest BCUT2D eigenvalue weighted by Crippen LogP contribution is -2.24. The summed E-state index contributed by atoms with van der Waals surface area (Å²) in [6, 6.07) is 18.4. The van der Waals surface area contributed by atoms with Crippen LogP contribution in [0, 0.1) is 0 Å². The molecule has 0 bridgehead atoms. The number of nitrogens with one attached hydrogen (secondary N) is 1. The standard InChI is InChI=1S/C26H23N7/c1-3-21(14-13-19-17-28-32(2)18-19)29-26-30-25-24(27-15-16-33(25)31-26)23-12-8-7-11-22(23)20-9-5-4-6-10-20/h3-17,28H,1,18H2,2H3. The first-order valence-electron chi connectivity index (χ1n) is 10.6. The Morgan fingerprint density at radius 2 is 1.88 bits per heavy atom. The van der Waals surface area contributed by atoms with Crippen molar-refractivity contribution in [1.82, 2.24) is 30.0 Å². The molecule has 7 heteroatoms. The average Bonchev–Trinajstić information content (AvgIpc) is 3.47. The van der Waals surface area contributed by atoms with Crippen molar-refractivity contribution in [3.05, 3.63) is 104 Å². The summed E-state index contributed by atoms with van der Waals surface area (Å²) in [7, 11) is 1.99. The molecule has 1 aliphatic rings. The topological polar surface area (TPSA) is 70.7 Å². The lowest BCUT2D eigenvalue weighted by Gasteiger charge is -2.09. The van der Waals surface area contributed by atoms with E-state index in [1.807, 2.05) is 60.7 Å². The maximum absolute atomic E-state index is 4.69. The zero-order valence-corrected chi connectivity index (χ0v) is 18.3. The number of fused-ring (bicyclic) bond motifs is 1. The normalized spacial score (nSPS) is 14.6. The molecule has 0 spiro atoms. The van der Waals surface area contributed by atoms with Gasteiger partial charge in [0.15, 0.2) is 5.65 Å². The number of benzene rings is 2. The van der Waals surface area contributed by atoms with Crippen LogP contribution in [0.4, 0.5) is 5.95 Å². The molecule has 0 aliphatic carbocycles. The van der Waals surface area contributed by atoms with Crippen molar-refractivity contribution in [2.45, 2.75) is 0 Å². The Kier molecular flexibility index (Phi) is 5.61. The maximum Gasteiger partial charge on any atom is 0.269 e. The second-order valence-electron chi connectivity index (χ2n) is 7.65. The van der Waals surface area contributed by atoms with E-state index < -0.39 is 0 Å². The molecule has 1 N–H and O–H groups in total. The zero-order chi connectivity index (χ0) is 22.6. The Bertz CT molecular complexity index is 1400. The molecule has 2 aromatic carbocycles. The number of aromatic nitrogens is 4. The van der Waals surface area contributed by atoms with Crippen molar-refractivity contribution in [1.29, 1.82) is 0 Å². The van der Waals surface area contributed by atoms with Crippen LogP contribution in [0.25, 0.3) is 28.0 Å². The van der Waals surface area contributed by atoms with Crippen molar-refractivity contribution in [3.63, 3.8) is 0 Å². The molecular formula is C26H23N7. The molecule has 0 saturated carbocycles. The molecule has 7 nitrogen and oxygen atoms in total. The van der Waals surface area contributed by atoms with E-state index in [2.05, 4.69) is 56.3 Å². The summed E-state index contributed by atoms with van der Waals surface area (Å²) in [5.74, 6) is 0.358. The smallest absolute Gasteiger partial charge is 0.269 e. The SMILES string of the molecule is C=CC(C=CC1=CNN(C)C1)=Nc1nc2c(-c3ccccc3-c3ccccc3)nccn2n1. The van der Waals surface area contributed by atoms with E-state index in [4.69, 9.17) is 0 Å². The van der Waals surface area contributed by atoms with Gasteiger partial charge in [0.05, 0.1) is 5.71 Å². The highest BCUT2D eigenvalue weighted by Crippen LogP contribution is 2.32. The predicted molar refractivity (Wildman–Crippen MR) is 132 cm³/mol. The van der Waals surface area contributed by atoms with Gasteiger partial charge in [0.1, 0.15) is 5.69 Å². The number of nitrogens with zero attached hydrogens (tertiary/aromatic N) is 6. The fraction of sp³-hybridized carbons (Fsp3) is 0.0769. The highest BCUT2D eigenvalue weighted by atomic mass is 15.5. The molecule has 0 radical (unpaired) electrons. The van der Waals surface area contributed by atoms with Gasteiger partial charge in [-0.05, 0) is 28.9 Å². The zero-order valence-electron chi connectivity index (χ0n) is 18.3. The minimum absolute atomic E-state index is 0.358. The summed E-state index contributed by atoms with van der Waals surface area (Å²) < 4.78 is 1.71. The van der Waals surface area contributed by atoms with Gasteiger partial charge < -0.3 is 5.43 Å². The van der Waals surface area contributed by atoms with E-state index in [9.17, 15) is 0 Å². The third kappa shape index (κ3) is 4.35. The average molecular weight is 434 g/mol. The first-order chi connectivity index (χ1) is 16.2. The Morgan fingerprint density at radius 1 is 1.09 bits per heavy atom. The second-order valence-corrected chi connectivity index (χ2v) is 7.65. The van der Waals surface area contributed by atoms with Crippen molar-refractivity contribution in [3.8, 4) is 22.4 Å². The monoisotopic (exact) mass is 433 g/mol. The van der Waals surface area contributed by atoms with Crippen LogP contribution >= 0.6 is 0 Å². The summed E-state index contributed by atoms with van der Waals surface area (Å²) in [4.78, 5) is 13.9. The third-order valence-corrected chi connectivity index (χ3v) is 5.31. The molecule has 3 heterocycles. The number of aliphatic imine (C=N–C) groups is 1. The first kappa shape index (κ1) is 20.5. The number of hydrogen-bond acceptors (Lipinski definition) is 6. The van der Waals surface area contributed by atoms with Crippen LogP contribution in [0.3, 0.4) is 0 Å². The van der Waals surface area contributed by atoms with Gasteiger partial charge in [-0.2, -0.15) is 4.98 Å². The lowest BCUT2D eigenvalue weighted by molar-refractivity contribution is 0.330. The summed E-state index contributed by atoms with van der Waals surface area (Å²) in [6.07, 6.45) is 11.1. The molecule has 5 rings (SSSR count). The van der Waals surface area contributed by atoms with Crippen LogP contribution in [0.2, 0.25) is 0 Å². The van der Waals surface area contributed by atoms with Gasteiger partial charge in [0.25, 0.3) is 5.95 Å². The number of allylic oxidation sites excluding steroid dienone is 2. The van der Waals surface area contributed by atoms with Crippen molar-refractivity contribution < 1.29 is 0 Å². The fourth-order valence-electron chi connectivity index (χ4n) is 3.72. The van der Waals surface area contributed by atoms with Gasteiger partial charge in [-0.25, -0.2) is 14.5 Å². The number of hydrogen-bond donors (Lipinski definition) is 1. The molecule has 0 unspecified atom stereocenters. The van der Waals surface area contributed by atoms with E-state index in [0.29, 0.717) is 17.3 Å². The maximum atomic E-state index is 4.69. The van der Waals surface area contributed by atoms with Gasteiger partial charge in [-0.15, -0.1) is 5.10 Å². The molecule has 33 heavy (non-hydrogen) atoms. The Labute approximate surface area is 192 Å². The lowest BCUT2D eigenvalue weighted by atomic mass is 9.98. The summed E-state index contributed by atoms with van der Waals surface area (Å²) in [6.45, 7) is 4.70. The molecule has 1 aliphatic heterocycles. The molecular weight excluding hydrogens is 410 g/mol. The van der Waals surface area contributed by atoms with Crippen LogP contribution in [-0.2, 0) is 0 Å². The summed E-state index contributed by atoms with van der Waals surface area (Å²) >= 11 is 0. The largest absolute Gasteiger partial charge is 0.326 e. The van der Waals surface area contributed by atoms with Gasteiger partial charge >= 0.3 is 0 Å². The molecule has 2 aromatic heterocycles. The van der Waals surface area contributed by atoms with Gasteiger partial charge in [0, 0.05) is 37.7 Å². The van der Waals surface area contributed by atoms with E-state index in [0.717, 1.165) is 34.5 Å². The van der Waals surface area contributed by atoms with Crippen LogP contribution in [-0.4, -0.2) is 43.9 Å². The molecule has 4 aromatic rings. The Morgan fingerprint density at radius 3 is 2.64 bits per heavy atom. The van der Waals surface area contributed by atoms with Crippen LogP contribution in [0.1, 0.15) is 0 Å². The molecule has 0 atom stereocenters. The van der Waals surface area contributed by atoms with Gasteiger partial charge in [-0.3, -0.25) is 4.98 Å². The second kappa shape index (κ2) is 9.02. The number of hydrazine groups is 1. The molecule has 162 valence electrons. The highest BCUT2D eigenvalue weighted by molar-refractivity contribution is 6.05. The quantitative estimate of drug-likeness (QED) is 0.450. The Hall–Kier alpha value is -4.36. The van der Waals surface area contributed by atoms with Crippen LogP contribution in [0.15, 0.2) is 109 Å². The minimum Gasteiger partial charge on any atom is -0.326 e. The summed E-state index contributed by atoms with van der Waals surface area (Å²) in [5.41, 5.74) is 9.57. The fourth-order valence-corrected chi connectivity index (χ4v) is 3.72. The van der Waals surface area contributed by atoms with E-state index >= 15 is 0 Å². The van der Waals surface area contributed by atoms with Crippen LogP contribution in [0.5, 0.6) is 0 Å². The predicted octanol–water partition coefficient (Wildman–Crippen LogP) is 4.61. The number of likely N-dealkylation sites (N-methyl/N-ethyl adjacent to an activating group) is 1. The molecule has 0 saturated heterocycles. The van der Waals surface area contributed by atoms with Gasteiger partial charge in [0.2, 0.25) is 0 Å². The molecule has 0 amide bonds. The first-order valence-corrected chi connectivity index (χ1v) is 10.6. The summed E-state index contributed by atoms with van der Waals surface area (Å²) in [5, 5.41) is 6.54. The van der Waals surface area contributed by atoms with E-state index in [1.165, 1.54) is 0 Å². The van der Waals surface area contributed by atoms with Crippen molar-refractivity contribution in [2.75, 3.05) is 13.6 Å². The van der Waals surface area contributed by atoms with Crippen molar-refractivity contribution >= 4 is 17.3 Å². The van der Waals surface area contributed by atoms with Crippen molar-refractivity contribution in [2.24, 2.45) is 4.99 Å². The minimum atomic E-state index is 0.358. The van der Waals surface area contributed by atoms with E-state index in [-0.39, 0.29) is 0 Å². The van der Waals surface area contributed by atoms with E-state index in [1.54, 1.807) is 23.0 Å². The number of rotatable bonds is 6. The Balaban J connectivity index is 1.53. The highest BCUT2D eigenvalue weighted by Gasteiger charge is 2.15. The van der Waals surface area contributed by atoms with Crippen LogP contribution < -0.4 is 5.43 Å². The van der Waals surface area contributed by atoms with Gasteiger partial charge in [-0.1, -0.05) is 67.3 Å². The third-order valence-electron chi connectivity index (χ3n) is 5.31. The molecule has 0 fully saturated rings.